The van der Waals surface area contributed by atoms with E-state index in [0.717, 1.165) is 12.8 Å². The monoisotopic (exact) mass is 285 g/mol. The molecule has 116 valence electrons. The smallest absolute Gasteiger partial charge is 0.408 e. The molecule has 0 spiro atoms. The van der Waals surface area contributed by atoms with Gasteiger partial charge in [-0.15, -0.1) is 0 Å². The van der Waals surface area contributed by atoms with Crippen LogP contribution < -0.4 is 5.32 Å². The molecular formula is C15H27NO4. The molecule has 5 nitrogen and oxygen atoms in total. The quantitative estimate of drug-likeness (QED) is 0.807. The summed E-state index contributed by atoms with van der Waals surface area (Å²) in [5.41, 5.74) is -1.50. The fourth-order valence-corrected chi connectivity index (χ4v) is 2.68. The van der Waals surface area contributed by atoms with E-state index in [1.807, 2.05) is 0 Å². The van der Waals surface area contributed by atoms with Gasteiger partial charge in [-0.05, 0) is 51.9 Å². The predicted molar refractivity (Wildman–Crippen MR) is 76.3 cm³/mol. The Bertz CT molecular complexity index is 373. The molecule has 1 fully saturated rings. The van der Waals surface area contributed by atoms with E-state index in [1.54, 1.807) is 20.8 Å². The van der Waals surface area contributed by atoms with Crippen molar-refractivity contribution >= 4 is 12.1 Å². The zero-order chi connectivity index (χ0) is 15.6. The van der Waals surface area contributed by atoms with Crippen LogP contribution in [0.25, 0.3) is 0 Å². The molecule has 0 heterocycles. The predicted octanol–water partition coefficient (Wildman–Crippen LogP) is 2.88. The van der Waals surface area contributed by atoms with Gasteiger partial charge in [0.05, 0.1) is 7.11 Å². The van der Waals surface area contributed by atoms with Crippen LogP contribution in [0.3, 0.4) is 0 Å². The molecule has 1 rings (SSSR count). The lowest BCUT2D eigenvalue weighted by molar-refractivity contribution is -0.157. The largest absolute Gasteiger partial charge is 0.467 e. The molecule has 0 unspecified atom stereocenters. The molecule has 1 aliphatic rings. The third-order valence-electron chi connectivity index (χ3n) is 3.61. The number of carbonyl (C=O) groups is 2. The van der Waals surface area contributed by atoms with Gasteiger partial charge < -0.3 is 14.8 Å². The lowest BCUT2D eigenvalue weighted by Crippen LogP contribution is -2.66. The molecule has 0 aromatic rings. The molecule has 0 radical (unpaired) electrons. The highest BCUT2D eigenvalue weighted by atomic mass is 16.6. The van der Waals surface area contributed by atoms with Gasteiger partial charge in [0.2, 0.25) is 0 Å². The van der Waals surface area contributed by atoms with Crippen molar-refractivity contribution in [3.8, 4) is 0 Å². The first-order chi connectivity index (χ1) is 9.10. The maximum atomic E-state index is 12.1. The Morgan fingerprint density at radius 3 is 2.30 bits per heavy atom. The Kier molecular flexibility index (Phi) is 5.05. The number of hydrogen-bond donors (Lipinski definition) is 1. The van der Waals surface area contributed by atoms with Crippen molar-refractivity contribution in [1.82, 2.24) is 5.32 Å². The third kappa shape index (κ3) is 3.87. The fourth-order valence-electron chi connectivity index (χ4n) is 2.68. The van der Waals surface area contributed by atoms with E-state index in [2.05, 4.69) is 19.2 Å². The van der Waals surface area contributed by atoms with E-state index in [-0.39, 0.29) is 11.9 Å². The maximum Gasteiger partial charge on any atom is 0.408 e. The number of ether oxygens (including phenoxy) is 2. The van der Waals surface area contributed by atoms with Gasteiger partial charge in [-0.2, -0.15) is 0 Å². The second kappa shape index (κ2) is 6.02. The Morgan fingerprint density at radius 1 is 1.35 bits per heavy atom. The lowest BCUT2D eigenvalue weighted by Gasteiger charge is -2.47. The van der Waals surface area contributed by atoms with E-state index < -0.39 is 17.2 Å². The molecule has 0 bridgehead atoms. The summed E-state index contributed by atoms with van der Waals surface area (Å²) in [6.07, 6.45) is 1.85. The minimum Gasteiger partial charge on any atom is -0.467 e. The van der Waals surface area contributed by atoms with Crippen molar-refractivity contribution in [3.05, 3.63) is 0 Å². The van der Waals surface area contributed by atoms with Crippen LogP contribution in [0.15, 0.2) is 0 Å². The minimum absolute atomic E-state index is 0.113. The summed E-state index contributed by atoms with van der Waals surface area (Å²) >= 11 is 0. The number of hydrogen-bond acceptors (Lipinski definition) is 4. The number of amides is 1. The van der Waals surface area contributed by atoms with Gasteiger partial charge in [0.1, 0.15) is 11.1 Å². The van der Waals surface area contributed by atoms with Crippen LogP contribution in [-0.4, -0.2) is 30.3 Å². The van der Waals surface area contributed by atoms with Crippen molar-refractivity contribution in [2.24, 2.45) is 11.8 Å². The fraction of sp³-hybridized carbons (Fsp3) is 0.867. The Hall–Kier alpha value is -1.26. The molecule has 1 aliphatic carbocycles. The number of methoxy groups -OCH3 is 1. The average molecular weight is 285 g/mol. The van der Waals surface area contributed by atoms with Gasteiger partial charge in [-0.3, -0.25) is 0 Å². The average Bonchev–Trinajstić information content (AvgIpc) is 2.28. The molecule has 20 heavy (non-hydrogen) atoms. The Balaban J connectivity index is 2.81. The van der Waals surface area contributed by atoms with E-state index in [0.29, 0.717) is 12.3 Å². The van der Waals surface area contributed by atoms with Crippen molar-refractivity contribution in [2.45, 2.75) is 65.0 Å². The van der Waals surface area contributed by atoms with Crippen molar-refractivity contribution in [2.75, 3.05) is 7.11 Å². The summed E-state index contributed by atoms with van der Waals surface area (Å²) < 4.78 is 10.2. The van der Waals surface area contributed by atoms with Gasteiger partial charge in [0.15, 0.2) is 0 Å². The minimum atomic E-state index is -0.915. The van der Waals surface area contributed by atoms with Gasteiger partial charge >= 0.3 is 12.1 Å². The van der Waals surface area contributed by atoms with Crippen LogP contribution in [0.2, 0.25) is 0 Å². The normalized spacial score (nSPS) is 25.9. The molecule has 1 amide bonds. The van der Waals surface area contributed by atoms with Gasteiger partial charge in [-0.1, -0.05) is 13.8 Å². The van der Waals surface area contributed by atoms with Crippen LogP contribution in [-0.2, 0) is 14.3 Å². The Labute approximate surface area is 121 Å². The standard InChI is InChI=1S/C15H27NO4/c1-10(2)9-11-7-8-15(11,12(17)19-6)16-13(18)20-14(3,4)5/h10-11H,7-9H2,1-6H3,(H,16,18)/t11-,15-/m1/s1. The summed E-state index contributed by atoms with van der Waals surface area (Å²) in [4.78, 5) is 24.1. The van der Waals surface area contributed by atoms with Gasteiger partial charge in [0.25, 0.3) is 0 Å². The maximum absolute atomic E-state index is 12.1. The van der Waals surface area contributed by atoms with Crippen molar-refractivity contribution < 1.29 is 19.1 Å². The molecule has 0 saturated heterocycles. The highest BCUT2D eigenvalue weighted by Crippen LogP contribution is 2.43. The van der Waals surface area contributed by atoms with Crippen LogP contribution in [0, 0.1) is 11.8 Å². The third-order valence-corrected chi connectivity index (χ3v) is 3.61. The molecule has 1 N–H and O–H groups in total. The molecule has 2 atom stereocenters. The first kappa shape index (κ1) is 16.8. The van der Waals surface area contributed by atoms with Crippen LogP contribution >= 0.6 is 0 Å². The van der Waals surface area contributed by atoms with Crippen molar-refractivity contribution in [3.63, 3.8) is 0 Å². The first-order valence-electron chi connectivity index (χ1n) is 7.20. The second-order valence-corrected chi connectivity index (χ2v) is 6.95. The number of carbonyl (C=O) groups excluding carboxylic acids is 2. The SMILES string of the molecule is COC(=O)[C@@]1(NC(=O)OC(C)(C)C)CC[C@@H]1CC(C)C. The number of esters is 1. The zero-order valence-corrected chi connectivity index (χ0v) is 13.4. The summed E-state index contributed by atoms with van der Waals surface area (Å²) in [6.45, 7) is 9.60. The van der Waals surface area contributed by atoms with Crippen LogP contribution in [0.4, 0.5) is 4.79 Å². The lowest BCUT2D eigenvalue weighted by atomic mass is 9.63. The molecule has 0 aliphatic heterocycles. The Morgan fingerprint density at radius 2 is 1.95 bits per heavy atom. The number of alkyl carbamates (subject to hydrolysis) is 1. The second-order valence-electron chi connectivity index (χ2n) is 6.95. The summed E-state index contributed by atoms with van der Waals surface area (Å²) in [5, 5.41) is 2.76. The zero-order valence-electron chi connectivity index (χ0n) is 13.4. The molecule has 1 saturated carbocycles. The molecule has 0 aromatic heterocycles. The van der Waals surface area contributed by atoms with E-state index in [4.69, 9.17) is 9.47 Å². The summed E-state index contributed by atoms with van der Waals surface area (Å²) in [6, 6.07) is 0. The van der Waals surface area contributed by atoms with Crippen molar-refractivity contribution in [1.29, 1.82) is 0 Å². The highest BCUT2D eigenvalue weighted by Gasteiger charge is 2.55. The van der Waals surface area contributed by atoms with E-state index >= 15 is 0 Å². The topological polar surface area (TPSA) is 64.6 Å². The van der Waals surface area contributed by atoms with Gasteiger partial charge in [0, 0.05) is 0 Å². The molecular weight excluding hydrogens is 258 g/mol. The number of rotatable bonds is 4. The number of nitrogens with one attached hydrogen (secondary N) is 1. The van der Waals surface area contributed by atoms with E-state index in [9.17, 15) is 9.59 Å². The van der Waals surface area contributed by atoms with Crippen LogP contribution in [0.5, 0.6) is 0 Å². The van der Waals surface area contributed by atoms with E-state index in [1.165, 1.54) is 7.11 Å². The molecule has 0 aromatic carbocycles. The molecule has 5 heteroatoms. The summed E-state index contributed by atoms with van der Waals surface area (Å²) in [7, 11) is 1.35. The summed E-state index contributed by atoms with van der Waals surface area (Å²) in [5.74, 6) is 0.201. The van der Waals surface area contributed by atoms with Crippen LogP contribution in [0.1, 0.15) is 53.9 Å². The first-order valence-corrected chi connectivity index (χ1v) is 7.20. The van der Waals surface area contributed by atoms with Gasteiger partial charge in [-0.25, -0.2) is 9.59 Å². The highest BCUT2D eigenvalue weighted by molar-refractivity contribution is 5.87.